The number of halogens is 1. The van der Waals surface area contributed by atoms with E-state index in [4.69, 9.17) is 10.5 Å². The Morgan fingerprint density at radius 2 is 2.15 bits per heavy atom. The Morgan fingerprint density at radius 1 is 1.33 bits per heavy atom. The van der Waals surface area contributed by atoms with E-state index in [9.17, 15) is 9.18 Å². The Labute approximate surface area is 160 Å². The molecule has 140 valence electrons. The number of aromatic nitrogens is 1. The summed E-state index contributed by atoms with van der Waals surface area (Å²) in [5.74, 6) is -0.411. The Bertz CT molecular complexity index is 1030. The van der Waals surface area contributed by atoms with Gasteiger partial charge in [-0.3, -0.25) is 4.79 Å². The van der Waals surface area contributed by atoms with Gasteiger partial charge in [0.25, 0.3) is 5.91 Å². The predicted molar refractivity (Wildman–Crippen MR) is 105 cm³/mol. The summed E-state index contributed by atoms with van der Waals surface area (Å²) >= 11 is 1.25. The number of amides is 1. The van der Waals surface area contributed by atoms with Crippen LogP contribution in [-0.2, 0) is 4.74 Å². The first-order chi connectivity index (χ1) is 12.8. The van der Waals surface area contributed by atoms with Crippen LogP contribution in [0.2, 0.25) is 0 Å². The van der Waals surface area contributed by atoms with Crippen molar-refractivity contribution >= 4 is 32.6 Å². The van der Waals surface area contributed by atoms with Crippen molar-refractivity contribution in [1.82, 2.24) is 9.88 Å². The summed E-state index contributed by atoms with van der Waals surface area (Å²) in [5, 5.41) is 0.389. The molecule has 0 radical (unpaired) electrons. The smallest absolute Gasteiger partial charge is 0.254 e. The zero-order valence-corrected chi connectivity index (χ0v) is 16.0. The minimum Gasteiger partial charge on any atom is -0.375 e. The van der Waals surface area contributed by atoms with Crippen molar-refractivity contribution in [3.05, 3.63) is 47.8 Å². The number of hydrogen-bond donors (Lipinski definition) is 1. The molecule has 0 atom stereocenters. The van der Waals surface area contributed by atoms with E-state index in [1.54, 1.807) is 23.1 Å². The first kappa shape index (κ1) is 17.9. The van der Waals surface area contributed by atoms with E-state index in [1.165, 1.54) is 23.5 Å². The second-order valence-corrected chi connectivity index (χ2v) is 8.33. The molecule has 1 aromatic heterocycles. The van der Waals surface area contributed by atoms with Crippen LogP contribution in [0.15, 0.2) is 36.4 Å². The molecule has 7 heteroatoms. The number of fused-ring (bicyclic) bond motifs is 1. The molecule has 1 amide bonds. The van der Waals surface area contributed by atoms with Crippen molar-refractivity contribution in [3.63, 3.8) is 0 Å². The molecule has 1 aliphatic heterocycles. The maximum Gasteiger partial charge on any atom is 0.254 e. The summed E-state index contributed by atoms with van der Waals surface area (Å²) in [6, 6.07) is 10.1. The van der Waals surface area contributed by atoms with Crippen LogP contribution in [0.1, 0.15) is 24.2 Å². The minimum atomic E-state index is -0.363. The molecule has 0 aliphatic carbocycles. The number of benzene rings is 2. The Balaban J connectivity index is 1.72. The van der Waals surface area contributed by atoms with E-state index >= 15 is 0 Å². The molecular weight excluding hydrogens is 365 g/mol. The topological polar surface area (TPSA) is 68.5 Å². The molecule has 27 heavy (non-hydrogen) atoms. The molecule has 3 aromatic rings. The summed E-state index contributed by atoms with van der Waals surface area (Å²) in [6.07, 6.45) is 0. The molecule has 4 rings (SSSR count). The number of hydrogen-bond acceptors (Lipinski definition) is 5. The van der Waals surface area contributed by atoms with E-state index in [0.717, 1.165) is 5.56 Å². The van der Waals surface area contributed by atoms with Crippen molar-refractivity contribution in [3.8, 4) is 11.1 Å². The van der Waals surface area contributed by atoms with E-state index in [2.05, 4.69) is 4.98 Å². The molecule has 1 fully saturated rings. The lowest BCUT2D eigenvalue weighted by molar-refractivity contribution is -0.0764. The average Bonchev–Trinajstić information content (AvgIpc) is 2.99. The van der Waals surface area contributed by atoms with Gasteiger partial charge in [-0.1, -0.05) is 23.5 Å². The fourth-order valence-corrected chi connectivity index (χ4v) is 4.21. The number of ether oxygens (including phenoxy) is 1. The van der Waals surface area contributed by atoms with Crippen LogP contribution in [0.3, 0.4) is 0 Å². The molecule has 2 N–H and O–H groups in total. The largest absolute Gasteiger partial charge is 0.375 e. The van der Waals surface area contributed by atoms with Crippen molar-refractivity contribution in [2.24, 2.45) is 0 Å². The van der Waals surface area contributed by atoms with E-state index in [0.29, 0.717) is 46.2 Å². The predicted octanol–water partition coefficient (Wildman–Crippen LogP) is 3.94. The zero-order chi connectivity index (χ0) is 19.2. The van der Waals surface area contributed by atoms with Crippen molar-refractivity contribution in [1.29, 1.82) is 0 Å². The number of rotatable bonds is 2. The summed E-state index contributed by atoms with van der Waals surface area (Å²) in [7, 11) is 0. The molecule has 1 aliphatic rings. The lowest BCUT2D eigenvalue weighted by Crippen LogP contribution is -2.50. The van der Waals surface area contributed by atoms with E-state index in [-0.39, 0.29) is 17.3 Å². The van der Waals surface area contributed by atoms with Crippen molar-refractivity contribution < 1.29 is 13.9 Å². The molecule has 2 heterocycles. The van der Waals surface area contributed by atoms with Gasteiger partial charge in [-0.25, -0.2) is 9.37 Å². The van der Waals surface area contributed by atoms with Gasteiger partial charge in [-0.2, -0.15) is 0 Å². The van der Waals surface area contributed by atoms with Gasteiger partial charge < -0.3 is 15.4 Å². The number of nitrogens with zero attached hydrogens (tertiary/aromatic N) is 2. The van der Waals surface area contributed by atoms with Gasteiger partial charge in [0.2, 0.25) is 0 Å². The normalized spacial score (nSPS) is 16.6. The standard InChI is InChI=1S/C20H20FN3O2S/c1-20(2)11-24(6-7-26-20)18(25)13-5-3-4-12(8-13)15-9-14(21)10-16-17(15)23-19(22)27-16/h3-5,8-10H,6-7,11H2,1-2H3,(H2,22,23). The average molecular weight is 385 g/mol. The van der Waals surface area contributed by atoms with Gasteiger partial charge in [-0.15, -0.1) is 0 Å². The van der Waals surface area contributed by atoms with Gasteiger partial charge in [0, 0.05) is 24.2 Å². The minimum absolute atomic E-state index is 0.0568. The number of nitrogens with two attached hydrogens (primary N) is 1. The maximum absolute atomic E-state index is 14.1. The quantitative estimate of drug-likeness (QED) is 0.726. The van der Waals surface area contributed by atoms with Crippen LogP contribution < -0.4 is 5.73 Å². The van der Waals surface area contributed by atoms with E-state index in [1.807, 2.05) is 19.9 Å². The first-order valence-electron chi connectivity index (χ1n) is 8.72. The van der Waals surface area contributed by atoms with Gasteiger partial charge >= 0.3 is 0 Å². The number of anilines is 1. The van der Waals surface area contributed by atoms with Crippen LogP contribution in [-0.4, -0.2) is 41.1 Å². The summed E-state index contributed by atoms with van der Waals surface area (Å²) < 4.78 is 20.4. The highest BCUT2D eigenvalue weighted by Gasteiger charge is 2.30. The van der Waals surface area contributed by atoms with Crippen molar-refractivity contribution in [2.45, 2.75) is 19.4 Å². The van der Waals surface area contributed by atoms with Gasteiger partial charge in [0.15, 0.2) is 5.13 Å². The third-order valence-electron chi connectivity index (χ3n) is 4.61. The van der Waals surface area contributed by atoms with E-state index < -0.39 is 0 Å². The molecule has 0 spiro atoms. The second kappa shape index (κ2) is 6.58. The van der Waals surface area contributed by atoms with Crippen LogP contribution in [0.5, 0.6) is 0 Å². The van der Waals surface area contributed by atoms with Gasteiger partial charge in [0.05, 0.1) is 22.4 Å². The third-order valence-corrected chi connectivity index (χ3v) is 5.44. The molecule has 0 bridgehead atoms. The van der Waals surface area contributed by atoms with Crippen LogP contribution in [0.4, 0.5) is 9.52 Å². The molecular formula is C20H20FN3O2S. The Hall–Kier alpha value is -2.51. The maximum atomic E-state index is 14.1. The monoisotopic (exact) mass is 385 g/mol. The summed E-state index contributed by atoms with van der Waals surface area (Å²) in [6.45, 7) is 5.54. The SMILES string of the molecule is CC1(C)CN(C(=O)c2cccc(-c3cc(F)cc4sc(N)nc34)c2)CCO1. The molecule has 5 nitrogen and oxygen atoms in total. The fourth-order valence-electron chi connectivity index (χ4n) is 3.43. The molecule has 0 unspecified atom stereocenters. The highest BCUT2D eigenvalue weighted by molar-refractivity contribution is 7.22. The van der Waals surface area contributed by atoms with Crippen LogP contribution >= 0.6 is 11.3 Å². The molecule has 1 saturated heterocycles. The second-order valence-electron chi connectivity index (χ2n) is 7.27. The molecule has 2 aromatic carbocycles. The number of morpholine rings is 1. The lowest BCUT2D eigenvalue weighted by atomic mass is 10.0. The highest BCUT2D eigenvalue weighted by atomic mass is 32.1. The van der Waals surface area contributed by atoms with Gasteiger partial charge in [-0.05, 0) is 43.7 Å². The third kappa shape index (κ3) is 3.52. The number of thiazole rings is 1. The van der Waals surface area contributed by atoms with Crippen molar-refractivity contribution in [2.75, 3.05) is 25.4 Å². The fraction of sp³-hybridized carbons (Fsp3) is 0.300. The number of nitrogen functional groups attached to an aromatic ring is 1. The highest BCUT2D eigenvalue weighted by Crippen LogP contribution is 2.34. The Morgan fingerprint density at radius 3 is 2.93 bits per heavy atom. The summed E-state index contributed by atoms with van der Waals surface area (Å²) in [5.41, 5.74) is 8.02. The summed E-state index contributed by atoms with van der Waals surface area (Å²) in [4.78, 5) is 19.1. The molecule has 0 saturated carbocycles. The zero-order valence-electron chi connectivity index (χ0n) is 15.2. The van der Waals surface area contributed by atoms with Crippen LogP contribution in [0.25, 0.3) is 21.3 Å². The number of carbonyl (C=O) groups excluding carboxylic acids is 1. The van der Waals surface area contributed by atoms with Crippen LogP contribution in [0, 0.1) is 5.82 Å². The first-order valence-corrected chi connectivity index (χ1v) is 9.53. The number of carbonyl (C=O) groups is 1. The Kier molecular flexibility index (Phi) is 4.36. The van der Waals surface area contributed by atoms with Gasteiger partial charge in [0.1, 0.15) is 5.82 Å². The lowest BCUT2D eigenvalue weighted by Gasteiger charge is -2.38.